The second-order valence-electron chi connectivity index (χ2n) is 7.79. The molecule has 0 radical (unpaired) electrons. The zero-order valence-corrected chi connectivity index (χ0v) is 16.3. The smallest absolute Gasteiger partial charge is 0.407 e. The van der Waals surface area contributed by atoms with Gasteiger partial charge in [-0.3, -0.25) is 0 Å². The molecule has 1 aliphatic rings. The summed E-state index contributed by atoms with van der Waals surface area (Å²) in [4.78, 5) is 17.1. The van der Waals surface area contributed by atoms with Gasteiger partial charge in [-0.05, 0) is 46.5 Å². The van der Waals surface area contributed by atoms with Crippen molar-refractivity contribution in [1.82, 2.24) is 9.88 Å². The number of pyridine rings is 1. The van der Waals surface area contributed by atoms with Gasteiger partial charge in [0.2, 0.25) is 5.88 Å². The van der Waals surface area contributed by atoms with Crippen molar-refractivity contribution in [2.45, 2.75) is 64.1 Å². The summed E-state index contributed by atoms with van der Waals surface area (Å²) < 4.78 is 31.7. The average molecular weight is 396 g/mol. The number of ether oxygens (including phenoxy) is 1. The number of alkyl halides is 1. The molecule has 0 aromatic carbocycles. The van der Waals surface area contributed by atoms with Crippen molar-refractivity contribution in [1.29, 1.82) is 5.26 Å². The quantitative estimate of drug-likeness (QED) is 0.756. The molecule has 2 rings (SSSR count). The number of nitriles is 1. The highest BCUT2D eigenvalue weighted by atomic mass is 19.1. The summed E-state index contributed by atoms with van der Waals surface area (Å²) in [6, 6.07) is 2.61. The van der Waals surface area contributed by atoms with Gasteiger partial charge in [-0.1, -0.05) is 0 Å². The van der Waals surface area contributed by atoms with Crippen molar-refractivity contribution in [3.05, 3.63) is 17.4 Å². The van der Waals surface area contributed by atoms with Crippen LogP contribution in [-0.2, 0) is 0 Å². The molecule has 28 heavy (non-hydrogen) atoms. The van der Waals surface area contributed by atoms with Crippen LogP contribution in [0.2, 0.25) is 0 Å². The van der Waals surface area contributed by atoms with Crippen molar-refractivity contribution >= 4 is 11.9 Å². The molecular formula is C19H26F2N4O3. The van der Waals surface area contributed by atoms with Gasteiger partial charge in [0.15, 0.2) is 11.6 Å². The number of rotatable bonds is 6. The second-order valence-corrected chi connectivity index (χ2v) is 7.79. The van der Waals surface area contributed by atoms with Gasteiger partial charge in [0, 0.05) is 23.7 Å². The van der Waals surface area contributed by atoms with E-state index in [1.54, 1.807) is 6.07 Å². The second kappa shape index (κ2) is 9.04. The minimum atomic E-state index is -0.946. The number of carboxylic acid groups (broad SMARTS) is 1. The first-order valence-corrected chi connectivity index (χ1v) is 9.25. The van der Waals surface area contributed by atoms with Crippen LogP contribution in [-0.4, -0.2) is 52.0 Å². The Hall–Kier alpha value is -2.63. The molecule has 0 unspecified atom stereocenters. The topological polar surface area (TPSA) is 98.5 Å². The molecular weight excluding hydrogens is 370 g/mol. The Morgan fingerprint density at radius 2 is 2.07 bits per heavy atom. The molecule has 154 valence electrons. The number of aromatic nitrogens is 1. The Kier molecular flexibility index (Phi) is 7.00. The van der Waals surface area contributed by atoms with Gasteiger partial charge in [0.1, 0.15) is 24.9 Å². The fraction of sp³-hybridized carbons (Fsp3) is 0.632. The van der Waals surface area contributed by atoms with E-state index in [9.17, 15) is 18.7 Å². The van der Waals surface area contributed by atoms with Crippen LogP contribution < -0.4 is 10.1 Å². The van der Waals surface area contributed by atoms with Gasteiger partial charge < -0.3 is 20.1 Å². The lowest BCUT2D eigenvalue weighted by molar-refractivity contribution is 0.0556. The van der Waals surface area contributed by atoms with E-state index in [4.69, 9.17) is 10.00 Å². The van der Waals surface area contributed by atoms with Gasteiger partial charge in [-0.25, -0.2) is 13.6 Å². The molecule has 1 fully saturated rings. The van der Waals surface area contributed by atoms with Gasteiger partial charge in [0.25, 0.3) is 0 Å². The fourth-order valence-electron chi connectivity index (χ4n) is 3.56. The highest BCUT2D eigenvalue weighted by Crippen LogP contribution is 2.31. The molecule has 1 aromatic rings. The van der Waals surface area contributed by atoms with Gasteiger partial charge in [0.05, 0.1) is 0 Å². The molecule has 1 heterocycles. The first kappa shape index (κ1) is 21.7. The van der Waals surface area contributed by atoms with Crippen molar-refractivity contribution in [3.8, 4) is 11.9 Å². The summed E-state index contributed by atoms with van der Waals surface area (Å²) >= 11 is 0. The Morgan fingerprint density at radius 3 is 2.57 bits per heavy atom. The molecule has 9 heteroatoms. The predicted octanol–water partition coefficient (Wildman–Crippen LogP) is 3.94. The van der Waals surface area contributed by atoms with Crippen LogP contribution >= 0.6 is 0 Å². The van der Waals surface area contributed by atoms with E-state index < -0.39 is 24.1 Å². The summed E-state index contributed by atoms with van der Waals surface area (Å²) in [5, 5.41) is 21.6. The highest BCUT2D eigenvalue weighted by molar-refractivity contribution is 5.66. The van der Waals surface area contributed by atoms with Crippen LogP contribution in [0.3, 0.4) is 0 Å². The molecule has 0 atom stereocenters. The van der Waals surface area contributed by atoms with Crippen molar-refractivity contribution < 1.29 is 23.4 Å². The van der Waals surface area contributed by atoms with E-state index in [-0.39, 0.29) is 36.0 Å². The van der Waals surface area contributed by atoms with Crippen LogP contribution in [0.5, 0.6) is 5.88 Å². The van der Waals surface area contributed by atoms with Crippen molar-refractivity contribution in [3.63, 3.8) is 0 Å². The summed E-state index contributed by atoms with van der Waals surface area (Å²) in [6.45, 7) is 4.57. The van der Waals surface area contributed by atoms with E-state index in [0.29, 0.717) is 25.7 Å². The van der Waals surface area contributed by atoms with Crippen LogP contribution in [0.15, 0.2) is 6.07 Å². The molecule has 7 nitrogen and oxygen atoms in total. The van der Waals surface area contributed by atoms with Crippen LogP contribution in [0.1, 0.15) is 52.0 Å². The lowest BCUT2D eigenvalue weighted by Crippen LogP contribution is -2.52. The zero-order valence-electron chi connectivity index (χ0n) is 16.3. The standard InChI is InChI=1S/C19H26F2N4O3/c1-19(2,3)25(18(26)27)14-6-4-13(5-7-14)23-16-15(21)10-12(11-22)17(24-16)28-9-8-20/h10,13-14H,4-9H2,1-3H3,(H,23,24)(H,26,27)/t13-,14-. The van der Waals surface area contributed by atoms with Gasteiger partial charge in [-0.15, -0.1) is 0 Å². The van der Waals surface area contributed by atoms with E-state index >= 15 is 0 Å². The number of anilines is 1. The number of nitrogens with zero attached hydrogens (tertiary/aromatic N) is 3. The van der Waals surface area contributed by atoms with E-state index in [1.807, 2.05) is 20.8 Å². The Labute approximate surface area is 163 Å². The zero-order chi connectivity index (χ0) is 20.9. The number of hydrogen-bond donors (Lipinski definition) is 2. The maximum Gasteiger partial charge on any atom is 0.407 e. The van der Waals surface area contributed by atoms with E-state index in [2.05, 4.69) is 10.3 Å². The normalized spacial score (nSPS) is 19.6. The van der Waals surface area contributed by atoms with Crippen LogP contribution in [0.4, 0.5) is 19.4 Å². The molecule has 2 N–H and O–H groups in total. The van der Waals surface area contributed by atoms with Crippen LogP contribution in [0, 0.1) is 17.1 Å². The number of amides is 1. The van der Waals surface area contributed by atoms with Crippen LogP contribution in [0.25, 0.3) is 0 Å². The Morgan fingerprint density at radius 1 is 1.43 bits per heavy atom. The monoisotopic (exact) mass is 396 g/mol. The lowest BCUT2D eigenvalue weighted by Gasteiger charge is -2.42. The summed E-state index contributed by atoms with van der Waals surface area (Å²) in [5.41, 5.74) is -0.595. The maximum atomic E-state index is 14.3. The first-order valence-electron chi connectivity index (χ1n) is 9.25. The molecule has 0 aliphatic heterocycles. The lowest BCUT2D eigenvalue weighted by atomic mass is 9.88. The molecule has 1 aromatic heterocycles. The van der Waals surface area contributed by atoms with E-state index in [0.717, 1.165) is 6.07 Å². The number of carbonyl (C=O) groups is 1. The average Bonchev–Trinajstić information content (AvgIpc) is 2.61. The fourth-order valence-corrected chi connectivity index (χ4v) is 3.56. The number of hydrogen-bond acceptors (Lipinski definition) is 5. The molecule has 1 saturated carbocycles. The number of nitrogens with one attached hydrogen (secondary N) is 1. The summed E-state index contributed by atoms with van der Waals surface area (Å²) in [6.07, 6.45) is 1.63. The van der Waals surface area contributed by atoms with Crippen molar-refractivity contribution in [2.75, 3.05) is 18.6 Å². The largest absolute Gasteiger partial charge is 0.474 e. The van der Waals surface area contributed by atoms with E-state index in [1.165, 1.54) is 4.90 Å². The maximum absolute atomic E-state index is 14.3. The van der Waals surface area contributed by atoms with Crippen molar-refractivity contribution in [2.24, 2.45) is 0 Å². The summed E-state index contributed by atoms with van der Waals surface area (Å²) in [5.74, 6) is -0.849. The van der Waals surface area contributed by atoms with Gasteiger partial charge >= 0.3 is 6.09 Å². The summed E-state index contributed by atoms with van der Waals surface area (Å²) in [7, 11) is 0. The minimum absolute atomic E-state index is 0.0535. The third-order valence-corrected chi connectivity index (χ3v) is 4.71. The third-order valence-electron chi connectivity index (χ3n) is 4.71. The SMILES string of the molecule is CC(C)(C)N(C(=O)O)[C@H]1CC[C@H](Nc2nc(OCCF)c(C#N)cc2F)CC1. The molecule has 1 aliphatic carbocycles. The third kappa shape index (κ3) is 5.21. The predicted molar refractivity (Wildman–Crippen MR) is 99.7 cm³/mol. The van der Waals surface area contributed by atoms with Gasteiger partial charge in [-0.2, -0.15) is 10.2 Å². The molecule has 1 amide bonds. The highest BCUT2D eigenvalue weighted by Gasteiger charge is 2.35. The molecule has 0 spiro atoms. The Bertz CT molecular complexity index is 738. The Balaban J connectivity index is 2.06. The molecule has 0 bridgehead atoms. The number of halogens is 2. The first-order chi connectivity index (χ1) is 13.2. The molecule has 0 saturated heterocycles. The minimum Gasteiger partial charge on any atom is -0.474 e.